The van der Waals surface area contributed by atoms with Gasteiger partial charge in [-0.1, -0.05) is 23.7 Å². The summed E-state index contributed by atoms with van der Waals surface area (Å²) < 4.78 is 0. The maximum atomic E-state index is 13.2. The molecule has 3 aliphatic rings. The summed E-state index contributed by atoms with van der Waals surface area (Å²) in [6.07, 6.45) is 1.60. The number of likely N-dealkylation sites (tertiary alicyclic amines) is 2. The van der Waals surface area contributed by atoms with Gasteiger partial charge in [-0.25, -0.2) is 4.79 Å². The first-order chi connectivity index (χ1) is 13.8. The molecule has 1 N–H and O–H groups in total. The quantitative estimate of drug-likeness (QED) is 0.813. The SMILES string of the molecule is CN(C(=O)O)[C@@H]1CN(C(=O)C2CCN(C(=O)C3CC3)C2)C[C@H]1c1ccc(Cl)cc1. The monoisotopic (exact) mass is 419 g/mol. The Hall–Kier alpha value is -2.28. The largest absolute Gasteiger partial charge is 0.465 e. The van der Waals surface area contributed by atoms with E-state index in [1.807, 2.05) is 17.0 Å². The van der Waals surface area contributed by atoms with Crippen LogP contribution in [0.25, 0.3) is 0 Å². The molecule has 4 rings (SSSR count). The summed E-state index contributed by atoms with van der Waals surface area (Å²) in [5.41, 5.74) is 0.972. The van der Waals surface area contributed by atoms with Crippen molar-refractivity contribution < 1.29 is 19.5 Å². The van der Waals surface area contributed by atoms with Gasteiger partial charge in [0.25, 0.3) is 0 Å². The highest BCUT2D eigenvalue weighted by Gasteiger charge is 2.44. The van der Waals surface area contributed by atoms with Gasteiger partial charge in [0.05, 0.1) is 12.0 Å². The van der Waals surface area contributed by atoms with E-state index in [1.165, 1.54) is 4.90 Å². The zero-order chi connectivity index (χ0) is 20.7. The molecule has 156 valence electrons. The summed E-state index contributed by atoms with van der Waals surface area (Å²) in [6, 6.07) is 7.06. The van der Waals surface area contributed by atoms with Gasteiger partial charge in [0.2, 0.25) is 11.8 Å². The lowest BCUT2D eigenvalue weighted by Crippen LogP contribution is -2.42. The first-order valence-electron chi connectivity index (χ1n) is 10.1. The van der Waals surface area contributed by atoms with Crippen molar-refractivity contribution in [3.63, 3.8) is 0 Å². The molecule has 3 atom stereocenters. The molecule has 2 heterocycles. The highest BCUT2D eigenvalue weighted by atomic mass is 35.5. The molecule has 0 bridgehead atoms. The molecule has 7 nitrogen and oxygen atoms in total. The van der Waals surface area contributed by atoms with Crippen molar-refractivity contribution in [2.24, 2.45) is 11.8 Å². The number of hydrogen-bond donors (Lipinski definition) is 1. The van der Waals surface area contributed by atoms with Gasteiger partial charge in [-0.05, 0) is 37.0 Å². The fourth-order valence-electron chi connectivity index (χ4n) is 4.55. The third-order valence-corrected chi connectivity index (χ3v) is 6.73. The first-order valence-corrected chi connectivity index (χ1v) is 10.5. The van der Waals surface area contributed by atoms with Gasteiger partial charge in [-0.15, -0.1) is 0 Å². The number of hydrogen-bond acceptors (Lipinski definition) is 3. The van der Waals surface area contributed by atoms with Crippen LogP contribution in [0.3, 0.4) is 0 Å². The van der Waals surface area contributed by atoms with Crippen molar-refractivity contribution >= 4 is 29.5 Å². The lowest BCUT2D eigenvalue weighted by atomic mass is 9.94. The molecule has 1 unspecified atom stereocenters. The van der Waals surface area contributed by atoms with Crippen LogP contribution in [0.2, 0.25) is 5.02 Å². The number of carboxylic acid groups (broad SMARTS) is 1. The Labute approximate surface area is 175 Å². The number of halogens is 1. The Morgan fingerprint density at radius 3 is 2.24 bits per heavy atom. The Balaban J connectivity index is 1.47. The highest BCUT2D eigenvalue weighted by Crippen LogP contribution is 2.35. The third-order valence-electron chi connectivity index (χ3n) is 6.47. The average molecular weight is 420 g/mol. The minimum atomic E-state index is -1.01. The topological polar surface area (TPSA) is 81.2 Å². The maximum absolute atomic E-state index is 13.2. The molecule has 1 aromatic carbocycles. The number of amides is 3. The highest BCUT2D eigenvalue weighted by molar-refractivity contribution is 6.30. The normalized spacial score (nSPS) is 26.6. The summed E-state index contributed by atoms with van der Waals surface area (Å²) in [6.45, 7) is 1.95. The first kappa shape index (κ1) is 20.0. The van der Waals surface area contributed by atoms with E-state index in [4.69, 9.17) is 11.6 Å². The van der Waals surface area contributed by atoms with E-state index in [0.717, 1.165) is 18.4 Å². The fraction of sp³-hybridized carbons (Fsp3) is 0.571. The lowest BCUT2D eigenvalue weighted by molar-refractivity contribution is -0.135. The average Bonchev–Trinajstić information content (AvgIpc) is 3.27. The van der Waals surface area contributed by atoms with Crippen LogP contribution < -0.4 is 0 Å². The molecule has 2 saturated heterocycles. The van der Waals surface area contributed by atoms with Gasteiger partial charge in [0, 0.05) is 50.1 Å². The molecule has 0 radical (unpaired) electrons. The van der Waals surface area contributed by atoms with Crippen molar-refractivity contribution in [3.05, 3.63) is 34.9 Å². The van der Waals surface area contributed by atoms with Crippen LogP contribution in [0.15, 0.2) is 24.3 Å². The summed E-state index contributed by atoms with van der Waals surface area (Å²) in [5.74, 6) is 0.0690. The van der Waals surface area contributed by atoms with Gasteiger partial charge in [0.1, 0.15) is 0 Å². The lowest BCUT2D eigenvalue weighted by Gasteiger charge is -2.26. The zero-order valence-corrected chi connectivity index (χ0v) is 17.2. The van der Waals surface area contributed by atoms with Crippen LogP contribution in [0.5, 0.6) is 0 Å². The van der Waals surface area contributed by atoms with Gasteiger partial charge >= 0.3 is 6.09 Å². The molecule has 0 aromatic heterocycles. The van der Waals surface area contributed by atoms with Crippen molar-refractivity contribution in [2.75, 3.05) is 33.2 Å². The number of likely N-dealkylation sites (N-methyl/N-ethyl adjacent to an activating group) is 1. The summed E-state index contributed by atoms with van der Waals surface area (Å²) in [5, 5.41) is 10.1. The molecule has 1 aliphatic carbocycles. The Morgan fingerprint density at radius 1 is 0.966 bits per heavy atom. The summed E-state index contributed by atoms with van der Waals surface area (Å²) >= 11 is 6.00. The predicted octanol–water partition coefficient (Wildman–Crippen LogP) is 2.50. The summed E-state index contributed by atoms with van der Waals surface area (Å²) in [7, 11) is 1.55. The molecule has 0 spiro atoms. The molecule has 3 fully saturated rings. The second-order valence-corrected chi connectivity index (χ2v) is 8.84. The fourth-order valence-corrected chi connectivity index (χ4v) is 4.67. The van der Waals surface area contributed by atoms with Crippen LogP contribution in [0, 0.1) is 11.8 Å². The Kier molecular flexibility index (Phi) is 5.42. The standard InChI is InChI=1S/C21H26ClN3O4/c1-23(21(28)29)18-12-25(11-17(18)13-4-6-16(22)7-5-13)20(27)15-8-9-24(10-15)19(26)14-2-3-14/h4-7,14-15,17-18H,2-3,8-12H2,1H3,(H,28,29)/t15?,17-,18+/m0/s1. The van der Waals surface area contributed by atoms with E-state index in [0.29, 0.717) is 37.6 Å². The van der Waals surface area contributed by atoms with Crippen LogP contribution in [-0.4, -0.2) is 77.0 Å². The number of carbonyl (C=O) groups is 3. The van der Waals surface area contributed by atoms with E-state index < -0.39 is 6.09 Å². The predicted molar refractivity (Wildman–Crippen MR) is 108 cm³/mol. The van der Waals surface area contributed by atoms with E-state index in [2.05, 4.69) is 0 Å². The van der Waals surface area contributed by atoms with Gasteiger partial charge in [-0.3, -0.25) is 9.59 Å². The van der Waals surface area contributed by atoms with Crippen molar-refractivity contribution in [1.82, 2.24) is 14.7 Å². The second kappa shape index (κ2) is 7.86. The van der Waals surface area contributed by atoms with E-state index in [9.17, 15) is 19.5 Å². The van der Waals surface area contributed by atoms with Crippen LogP contribution in [0.1, 0.15) is 30.7 Å². The molecule has 3 amide bonds. The van der Waals surface area contributed by atoms with Gasteiger partial charge in [-0.2, -0.15) is 0 Å². The number of carbonyl (C=O) groups excluding carboxylic acids is 2. The Morgan fingerprint density at radius 2 is 1.62 bits per heavy atom. The molecule has 1 saturated carbocycles. The molecule has 2 aliphatic heterocycles. The molecule has 8 heteroatoms. The molecule has 29 heavy (non-hydrogen) atoms. The minimum Gasteiger partial charge on any atom is -0.465 e. The van der Waals surface area contributed by atoms with Crippen LogP contribution in [-0.2, 0) is 9.59 Å². The third kappa shape index (κ3) is 4.06. The number of benzene rings is 1. The molecular formula is C21H26ClN3O4. The van der Waals surface area contributed by atoms with E-state index in [-0.39, 0.29) is 35.6 Å². The van der Waals surface area contributed by atoms with E-state index in [1.54, 1.807) is 24.1 Å². The zero-order valence-electron chi connectivity index (χ0n) is 16.5. The van der Waals surface area contributed by atoms with Crippen LogP contribution >= 0.6 is 11.6 Å². The number of nitrogens with zero attached hydrogens (tertiary/aromatic N) is 3. The van der Waals surface area contributed by atoms with E-state index >= 15 is 0 Å². The maximum Gasteiger partial charge on any atom is 0.407 e. The minimum absolute atomic E-state index is 0.0244. The molecular weight excluding hydrogens is 394 g/mol. The van der Waals surface area contributed by atoms with Crippen molar-refractivity contribution in [1.29, 1.82) is 0 Å². The van der Waals surface area contributed by atoms with Crippen LogP contribution in [0.4, 0.5) is 4.79 Å². The van der Waals surface area contributed by atoms with Crippen molar-refractivity contribution in [3.8, 4) is 0 Å². The van der Waals surface area contributed by atoms with Gasteiger partial charge in [0.15, 0.2) is 0 Å². The smallest absolute Gasteiger partial charge is 0.407 e. The Bertz CT molecular complexity index is 811. The number of rotatable bonds is 4. The summed E-state index contributed by atoms with van der Waals surface area (Å²) in [4.78, 5) is 42.0. The van der Waals surface area contributed by atoms with Gasteiger partial charge < -0.3 is 19.8 Å². The molecule has 1 aromatic rings. The van der Waals surface area contributed by atoms with Crippen molar-refractivity contribution in [2.45, 2.75) is 31.2 Å². The second-order valence-electron chi connectivity index (χ2n) is 8.41.